The number of carbonyl (C=O) groups excluding carboxylic acids is 3. The molecular formula is C20H23F5N4O5. The summed E-state index contributed by atoms with van der Waals surface area (Å²) in [4.78, 5) is 38.8. The smallest absolute Gasteiger partial charge is 0.401 e. The molecule has 2 fully saturated rings. The topological polar surface area (TPSA) is 114 Å². The second kappa shape index (κ2) is 10.5. The number of nitrogens with one attached hydrogen (secondary N) is 1. The second-order valence-electron chi connectivity index (χ2n) is 7.82. The van der Waals surface area contributed by atoms with Crippen LogP contribution in [0.4, 0.5) is 33.3 Å². The number of benzene rings is 1. The van der Waals surface area contributed by atoms with Gasteiger partial charge in [-0.25, -0.2) is 0 Å². The Morgan fingerprint density at radius 1 is 1.29 bits per heavy atom. The zero-order valence-corrected chi connectivity index (χ0v) is 17.8. The van der Waals surface area contributed by atoms with Gasteiger partial charge in [-0.2, -0.15) is 22.0 Å². The van der Waals surface area contributed by atoms with Gasteiger partial charge in [0.15, 0.2) is 11.8 Å². The normalized spacial score (nSPS) is 18.1. The molecule has 0 bridgehead atoms. The van der Waals surface area contributed by atoms with Gasteiger partial charge in [0.25, 0.3) is 11.8 Å². The van der Waals surface area contributed by atoms with Crippen LogP contribution in [0.2, 0.25) is 0 Å². The molecule has 0 spiro atoms. The summed E-state index contributed by atoms with van der Waals surface area (Å²) in [6, 6.07) is 0.867. The molecule has 3 rings (SSSR count). The van der Waals surface area contributed by atoms with Gasteiger partial charge >= 0.3 is 12.8 Å². The summed E-state index contributed by atoms with van der Waals surface area (Å²) >= 11 is 0. The van der Waals surface area contributed by atoms with Crippen molar-refractivity contribution in [3.8, 4) is 5.75 Å². The average molecular weight is 494 g/mol. The van der Waals surface area contributed by atoms with Crippen LogP contribution in [0.3, 0.4) is 0 Å². The highest BCUT2D eigenvalue weighted by Crippen LogP contribution is 2.34. The van der Waals surface area contributed by atoms with E-state index < -0.39 is 54.9 Å². The molecule has 0 unspecified atom stereocenters. The van der Waals surface area contributed by atoms with E-state index in [2.05, 4.69) is 10.1 Å². The van der Waals surface area contributed by atoms with Crippen LogP contribution in [0, 0.1) is 0 Å². The Labute approximate surface area is 190 Å². The van der Waals surface area contributed by atoms with Crippen molar-refractivity contribution in [1.82, 2.24) is 4.90 Å². The summed E-state index contributed by atoms with van der Waals surface area (Å²) in [5.74, 6) is -3.52. The molecule has 1 saturated heterocycles. The van der Waals surface area contributed by atoms with Crippen LogP contribution in [0.25, 0.3) is 0 Å². The zero-order valence-electron chi connectivity index (χ0n) is 17.8. The van der Waals surface area contributed by atoms with Crippen LogP contribution in [0.1, 0.15) is 19.3 Å². The van der Waals surface area contributed by atoms with E-state index in [4.69, 9.17) is 10.5 Å². The van der Waals surface area contributed by atoms with Crippen molar-refractivity contribution in [3.63, 3.8) is 0 Å². The van der Waals surface area contributed by atoms with E-state index in [1.807, 2.05) is 0 Å². The molecule has 1 aromatic rings. The van der Waals surface area contributed by atoms with E-state index >= 15 is 0 Å². The van der Waals surface area contributed by atoms with Crippen LogP contribution in [0.15, 0.2) is 18.2 Å². The van der Waals surface area contributed by atoms with E-state index in [-0.39, 0.29) is 31.1 Å². The number of carbonyl (C=O) groups is 3. The predicted molar refractivity (Wildman–Crippen MR) is 108 cm³/mol. The summed E-state index contributed by atoms with van der Waals surface area (Å²) in [5.41, 5.74) is 5.12. The molecule has 2 aliphatic rings. The van der Waals surface area contributed by atoms with Crippen molar-refractivity contribution in [2.45, 2.75) is 44.1 Å². The molecule has 14 heteroatoms. The maximum absolute atomic E-state index is 13.1. The highest BCUT2D eigenvalue weighted by atomic mass is 19.4. The fourth-order valence-electron chi connectivity index (χ4n) is 3.77. The van der Waals surface area contributed by atoms with Gasteiger partial charge in [-0.3, -0.25) is 19.3 Å². The van der Waals surface area contributed by atoms with Gasteiger partial charge in [0.2, 0.25) is 5.91 Å². The summed E-state index contributed by atoms with van der Waals surface area (Å²) in [5, 5.41) is 2.17. The number of alkyl halides is 5. The number of amides is 3. The molecule has 3 N–H and O–H groups in total. The van der Waals surface area contributed by atoms with Crippen molar-refractivity contribution in [1.29, 1.82) is 0 Å². The molecule has 9 nitrogen and oxygen atoms in total. The fourth-order valence-corrected chi connectivity index (χ4v) is 3.77. The van der Waals surface area contributed by atoms with E-state index in [0.29, 0.717) is 24.2 Å². The third kappa shape index (κ3) is 6.32. The minimum Gasteiger partial charge on any atom is -0.433 e. The molecule has 188 valence electrons. The van der Waals surface area contributed by atoms with Gasteiger partial charge in [0, 0.05) is 24.3 Å². The molecule has 1 aliphatic carbocycles. The van der Waals surface area contributed by atoms with Crippen LogP contribution in [0.5, 0.6) is 5.75 Å². The maximum Gasteiger partial charge on any atom is 0.401 e. The molecule has 1 heterocycles. The van der Waals surface area contributed by atoms with Crippen molar-refractivity contribution in [3.05, 3.63) is 18.2 Å². The van der Waals surface area contributed by atoms with Crippen molar-refractivity contribution >= 4 is 29.1 Å². The number of nitrogens with two attached hydrogens (primary N) is 1. The number of nitrogens with zero attached hydrogens (tertiary/aromatic N) is 2. The largest absolute Gasteiger partial charge is 0.433 e. The first kappa shape index (κ1) is 25.6. The van der Waals surface area contributed by atoms with Gasteiger partial charge in [-0.1, -0.05) is 6.42 Å². The van der Waals surface area contributed by atoms with Crippen molar-refractivity contribution in [2.24, 2.45) is 5.73 Å². The first-order valence-corrected chi connectivity index (χ1v) is 10.4. The zero-order chi connectivity index (χ0) is 25.0. The molecule has 1 saturated carbocycles. The standard InChI is InChI=1S/C20H23F5N4O5/c21-19(22)34-14-8-12(28-6-7-33-9-15(28)30)4-5-13(14)27-18(32)16(17(26)31)29(10-20(23,24)25)11-2-1-3-11/h4-5,8,11,16,19H,1-3,6-7,9-10H2,(H2,26,31)(H,27,32)/t16-/m1/s1. The highest BCUT2D eigenvalue weighted by Gasteiger charge is 2.44. The number of halogens is 5. The van der Waals surface area contributed by atoms with Gasteiger partial charge in [-0.15, -0.1) is 0 Å². The first-order chi connectivity index (χ1) is 16.0. The Morgan fingerprint density at radius 2 is 2.00 bits per heavy atom. The van der Waals surface area contributed by atoms with Gasteiger partial charge in [0.05, 0.1) is 18.8 Å². The van der Waals surface area contributed by atoms with Crippen molar-refractivity contribution in [2.75, 3.05) is 36.5 Å². The lowest BCUT2D eigenvalue weighted by molar-refractivity contribution is -0.166. The monoisotopic (exact) mass is 494 g/mol. The second-order valence-corrected chi connectivity index (χ2v) is 7.82. The van der Waals surface area contributed by atoms with E-state index in [1.165, 1.54) is 11.0 Å². The van der Waals surface area contributed by atoms with E-state index in [0.717, 1.165) is 12.1 Å². The summed E-state index contributed by atoms with van der Waals surface area (Å²) in [6.45, 7) is -4.70. The molecule has 3 amide bonds. The number of primary amides is 1. The van der Waals surface area contributed by atoms with Crippen LogP contribution in [-0.2, 0) is 19.1 Å². The lowest BCUT2D eigenvalue weighted by Gasteiger charge is -2.40. The minimum atomic E-state index is -4.71. The third-order valence-corrected chi connectivity index (χ3v) is 5.49. The molecule has 1 aliphatic heterocycles. The molecule has 0 radical (unpaired) electrons. The van der Waals surface area contributed by atoms with E-state index in [9.17, 15) is 36.3 Å². The molecule has 1 aromatic carbocycles. The average Bonchev–Trinajstić information content (AvgIpc) is 2.66. The first-order valence-electron chi connectivity index (χ1n) is 10.4. The van der Waals surface area contributed by atoms with Crippen LogP contribution in [-0.4, -0.2) is 73.8 Å². The van der Waals surface area contributed by atoms with E-state index in [1.54, 1.807) is 0 Å². The van der Waals surface area contributed by atoms with Gasteiger partial charge in [-0.05, 0) is 25.0 Å². The summed E-state index contributed by atoms with van der Waals surface area (Å²) in [6.07, 6.45) is -3.40. The molecule has 34 heavy (non-hydrogen) atoms. The Balaban J connectivity index is 1.88. The Hall–Kier alpha value is -3.00. The van der Waals surface area contributed by atoms with Gasteiger partial charge < -0.3 is 25.4 Å². The number of morpholine rings is 1. The fraction of sp³-hybridized carbons (Fsp3) is 0.550. The Bertz CT molecular complexity index is 925. The van der Waals surface area contributed by atoms with Crippen LogP contribution < -0.4 is 20.7 Å². The number of anilines is 2. The molecule has 0 aromatic heterocycles. The number of rotatable bonds is 9. The quantitative estimate of drug-likeness (QED) is 0.400. The van der Waals surface area contributed by atoms with Crippen molar-refractivity contribution < 1.29 is 45.8 Å². The maximum atomic E-state index is 13.1. The number of ether oxygens (including phenoxy) is 2. The number of hydrogen-bond donors (Lipinski definition) is 2. The third-order valence-electron chi connectivity index (χ3n) is 5.49. The molecular weight excluding hydrogens is 471 g/mol. The number of hydrogen-bond acceptors (Lipinski definition) is 6. The Morgan fingerprint density at radius 3 is 2.53 bits per heavy atom. The lowest BCUT2D eigenvalue weighted by atomic mass is 9.90. The predicted octanol–water partition coefficient (Wildman–Crippen LogP) is 1.86. The Kier molecular flexibility index (Phi) is 7.92. The molecule has 1 atom stereocenters. The van der Waals surface area contributed by atoms with Gasteiger partial charge in [0.1, 0.15) is 6.61 Å². The summed E-state index contributed by atoms with van der Waals surface area (Å²) < 4.78 is 74.9. The SMILES string of the molecule is NC(=O)[C@H](C(=O)Nc1ccc(N2CCOCC2=O)cc1OC(F)F)N(CC(F)(F)F)C1CCC1. The van der Waals surface area contributed by atoms with Crippen LogP contribution >= 0.6 is 0 Å². The lowest BCUT2D eigenvalue weighted by Crippen LogP contribution is -2.59. The minimum absolute atomic E-state index is 0.149. The highest BCUT2D eigenvalue weighted by molar-refractivity contribution is 6.10. The summed E-state index contributed by atoms with van der Waals surface area (Å²) in [7, 11) is 0.